The van der Waals surface area contributed by atoms with Crippen LogP contribution in [0.15, 0.2) is 48.5 Å². The van der Waals surface area contributed by atoms with E-state index in [4.69, 9.17) is 4.74 Å². The maximum absolute atomic E-state index is 12.4. The van der Waals surface area contributed by atoms with Crippen LogP contribution in [0.5, 0.6) is 5.75 Å². The standard InChI is InChI=1S/C17H15NO3/c1-11-17(20)18(2)14-10-13(8-9-15(14)21-11)16(19)12-6-4-3-5-7-12/h3-11H,1-2H3/t11-/m1/s1. The second-order valence-electron chi connectivity index (χ2n) is 5.03. The Labute approximate surface area is 123 Å². The molecule has 0 unspecified atom stereocenters. The Morgan fingerprint density at radius 3 is 2.52 bits per heavy atom. The fourth-order valence-electron chi connectivity index (χ4n) is 2.41. The van der Waals surface area contributed by atoms with Gasteiger partial charge in [-0.25, -0.2) is 0 Å². The van der Waals surface area contributed by atoms with Crippen molar-refractivity contribution in [1.29, 1.82) is 0 Å². The number of rotatable bonds is 2. The molecule has 0 saturated heterocycles. The van der Waals surface area contributed by atoms with Crippen LogP contribution in [0.1, 0.15) is 22.8 Å². The molecule has 1 aliphatic rings. The largest absolute Gasteiger partial charge is 0.479 e. The van der Waals surface area contributed by atoms with Crippen LogP contribution < -0.4 is 9.64 Å². The molecule has 0 bridgehead atoms. The van der Waals surface area contributed by atoms with Gasteiger partial charge < -0.3 is 9.64 Å². The summed E-state index contributed by atoms with van der Waals surface area (Å²) in [5.41, 5.74) is 1.79. The van der Waals surface area contributed by atoms with E-state index in [0.29, 0.717) is 22.6 Å². The lowest BCUT2D eigenvalue weighted by Crippen LogP contribution is -2.42. The first-order valence-corrected chi connectivity index (χ1v) is 6.76. The molecule has 1 aliphatic heterocycles. The van der Waals surface area contributed by atoms with Crippen molar-refractivity contribution in [1.82, 2.24) is 0 Å². The maximum atomic E-state index is 12.4. The Morgan fingerprint density at radius 2 is 1.81 bits per heavy atom. The lowest BCUT2D eigenvalue weighted by atomic mass is 10.0. The molecule has 2 aromatic carbocycles. The number of fused-ring (bicyclic) bond motifs is 1. The highest BCUT2D eigenvalue weighted by Crippen LogP contribution is 2.34. The quantitative estimate of drug-likeness (QED) is 0.795. The summed E-state index contributed by atoms with van der Waals surface area (Å²) in [6.45, 7) is 1.71. The molecular formula is C17H15NO3. The van der Waals surface area contributed by atoms with Gasteiger partial charge in [-0.3, -0.25) is 9.59 Å². The van der Waals surface area contributed by atoms with E-state index in [9.17, 15) is 9.59 Å². The molecule has 4 nitrogen and oxygen atoms in total. The number of anilines is 1. The van der Waals surface area contributed by atoms with Crippen molar-refractivity contribution < 1.29 is 14.3 Å². The zero-order valence-electron chi connectivity index (χ0n) is 11.9. The topological polar surface area (TPSA) is 46.6 Å². The second kappa shape index (κ2) is 5.05. The summed E-state index contributed by atoms with van der Waals surface area (Å²) in [5.74, 6) is 0.430. The number of benzene rings is 2. The van der Waals surface area contributed by atoms with Crippen molar-refractivity contribution in [3.63, 3.8) is 0 Å². The zero-order chi connectivity index (χ0) is 15.0. The number of hydrogen-bond acceptors (Lipinski definition) is 3. The summed E-state index contributed by atoms with van der Waals surface area (Å²) in [6.07, 6.45) is -0.502. The van der Waals surface area contributed by atoms with Crippen molar-refractivity contribution in [2.75, 3.05) is 11.9 Å². The Bertz CT molecular complexity index is 709. The molecule has 0 spiro atoms. The number of amides is 1. The van der Waals surface area contributed by atoms with Crippen LogP contribution in [0.25, 0.3) is 0 Å². The predicted molar refractivity (Wildman–Crippen MR) is 79.8 cm³/mol. The van der Waals surface area contributed by atoms with Crippen LogP contribution in [0.4, 0.5) is 5.69 Å². The van der Waals surface area contributed by atoms with Crippen molar-refractivity contribution >= 4 is 17.4 Å². The molecule has 0 aliphatic carbocycles. The van der Waals surface area contributed by atoms with Gasteiger partial charge in [0.05, 0.1) is 5.69 Å². The van der Waals surface area contributed by atoms with Gasteiger partial charge in [0.25, 0.3) is 5.91 Å². The van der Waals surface area contributed by atoms with Gasteiger partial charge in [-0.05, 0) is 25.1 Å². The first-order chi connectivity index (χ1) is 10.1. The SMILES string of the molecule is C[C@H]1Oc2ccc(C(=O)c3ccccc3)cc2N(C)C1=O. The van der Waals surface area contributed by atoms with Gasteiger partial charge in [0.2, 0.25) is 0 Å². The molecule has 4 heteroatoms. The minimum atomic E-state index is -0.502. The van der Waals surface area contributed by atoms with E-state index in [0.717, 1.165) is 0 Å². The summed E-state index contributed by atoms with van der Waals surface area (Å²) in [7, 11) is 1.69. The summed E-state index contributed by atoms with van der Waals surface area (Å²) < 4.78 is 5.55. The lowest BCUT2D eigenvalue weighted by Gasteiger charge is -2.30. The number of ether oxygens (including phenoxy) is 1. The molecule has 21 heavy (non-hydrogen) atoms. The van der Waals surface area contributed by atoms with Gasteiger partial charge in [-0.15, -0.1) is 0 Å². The van der Waals surface area contributed by atoms with Crippen LogP contribution in [0.2, 0.25) is 0 Å². The van der Waals surface area contributed by atoms with E-state index in [-0.39, 0.29) is 11.7 Å². The molecule has 0 radical (unpaired) electrons. The number of carbonyl (C=O) groups excluding carboxylic acids is 2. The third kappa shape index (κ3) is 2.29. The smallest absolute Gasteiger partial charge is 0.267 e. The van der Waals surface area contributed by atoms with Crippen LogP contribution in [-0.2, 0) is 4.79 Å². The molecular weight excluding hydrogens is 266 g/mol. The predicted octanol–water partition coefficient (Wildman–Crippen LogP) is 2.66. The van der Waals surface area contributed by atoms with Gasteiger partial charge in [-0.2, -0.15) is 0 Å². The molecule has 1 heterocycles. The minimum absolute atomic E-state index is 0.0714. The number of likely N-dealkylation sites (N-methyl/N-ethyl adjacent to an activating group) is 1. The van der Waals surface area contributed by atoms with Gasteiger partial charge >= 0.3 is 0 Å². The molecule has 1 amide bonds. The zero-order valence-corrected chi connectivity index (χ0v) is 11.9. The van der Waals surface area contributed by atoms with Crippen molar-refractivity contribution in [3.8, 4) is 5.75 Å². The maximum Gasteiger partial charge on any atom is 0.267 e. The molecule has 0 N–H and O–H groups in total. The van der Waals surface area contributed by atoms with E-state index in [1.165, 1.54) is 4.90 Å². The number of nitrogens with zero attached hydrogens (tertiary/aromatic N) is 1. The molecule has 0 aromatic heterocycles. The highest BCUT2D eigenvalue weighted by molar-refractivity contribution is 6.10. The second-order valence-corrected chi connectivity index (χ2v) is 5.03. The third-order valence-corrected chi connectivity index (χ3v) is 3.60. The molecule has 1 atom stereocenters. The van der Waals surface area contributed by atoms with E-state index >= 15 is 0 Å². The Balaban J connectivity index is 2.00. The summed E-state index contributed by atoms with van der Waals surface area (Å²) >= 11 is 0. The first kappa shape index (κ1) is 13.4. The molecule has 106 valence electrons. The highest BCUT2D eigenvalue weighted by Gasteiger charge is 2.29. The molecule has 0 saturated carbocycles. The summed E-state index contributed by atoms with van der Waals surface area (Å²) in [6, 6.07) is 14.2. The number of carbonyl (C=O) groups is 2. The number of ketones is 1. The van der Waals surface area contributed by atoms with Crippen LogP contribution in [0.3, 0.4) is 0 Å². The van der Waals surface area contributed by atoms with Crippen LogP contribution in [-0.4, -0.2) is 24.8 Å². The third-order valence-electron chi connectivity index (χ3n) is 3.60. The van der Waals surface area contributed by atoms with Crippen molar-refractivity contribution in [2.45, 2.75) is 13.0 Å². The minimum Gasteiger partial charge on any atom is -0.479 e. The van der Waals surface area contributed by atoms with Gasteiger partial charge in [0, 0.05) is 18.2 Å². The summed E-state index contributed by atoms with van der Waals surface area (Å²) in [4.78, 5) is 25.9. The van der Waals surface area contributed by atoms with E-state index in [1.807, 2.05) is 18.2 Å². The average molecular weight is 281 g/mol. The van der Waals surface area contributed by atoms with Crippen LogP contribution >= 0.6 is 0 Å². The van der Waals surface area contributed by atoms with Crippen molar-refractivity contribution in [3.05, 3.63) is 59.7 Å². The average Bonchev–Trinajstić information content (AvgIpc) is 2.53. The van der Waals surface area contributed by atoms with Crippen LogP contribution in [0, 0.1) is 0 Å². The first-order valence-electron chi connectivity index (χ1n) is 6.76. The highest BCUT2D eigenvalue weighted by atomic mass is 16.5. The fraction of sp³-hybridized carbons (Fsp3) is 0.176. The van der Waals surface area contributed by atoms with E-state index < -0.39 is 6.10 Å². The van der Waals surface area contributed by atoms with E-state index in [2.05, 4.69) is 0 Å². The van der Waals surface area contributed by atoms with E-state index in [1.54, 1.807) is 44.3 Å². The van der Waals surface area contributed by atoms with Gasteiger partial charge in [-0.1, -0.05) is 30.3 Å². The van der Waals surface area contributed by atoms with Crippen molar-refractivity contribution in [2.24, 2.45) is 0 Å². The Kier molecular flexibility index (Phi) is 3.22. The summed E-state index contributed by atoms with van der Waals surface area (Å²) in [5, 5.41) is 0. The normalized spacial score (nSPS) is 17.1. The fourth-order valence-corrected chi connectivity index (χ4v) is 2.41. The molecule has 3 rings (SSSR count). The monoisotopic (exact) mass is 281 g/mol. The molecule has 2 aromatic rings. The Morgan fingerprint density at radius 1 is 1.10 bits per heavy atom. The lowest BCUT2D eigenvalue weighted by molar-refractivity contribution is -0.125. The molecule has 0 fully saturated rings. The number of hydrogen-bond donors (Lipinski definition) is 0. The Hall–Kier alpha value is -2.62. The van der Waals surface area contributed by atoms with Gasteiger partial charge in [0.15, 0.2) is 11.9 Å². The van der Waals surface area contributed by atoms with Gasteiger partial charge in [0.1, 0.15) is 5.75 Å².